The first-order valence-electron chi connectivity index (χ1n) is 7.06. The summed E-state index contributed by atoms with van der Waals surface area (Å²) in [6.45, 7) is 6.55. The molecule has 0 saturated heterocycles. The lowest BCUT2D eigenvalue weighted by molar-refractivity contribution is -0.119. The summed E-state index contributed by atoms with van der Waals surface area (Å²) >= 11 is 0. The van der Waals surface area contributed by atoms with Crippen molar-refractivity contribution in [2.45, 2.75) is 33.7 Å². The fraction of sp³-hybridized carbons (Fsp3) is 0.500. The maximum Gasteiger partial charge on any atom is 0.251 e. The summed E-state index contributed by atoms with van der Waals surface area (Å²) < 4.78 is 0. The maximum absolute atomic E-state index is 12.0. The van der Waals surface area contributed by atoms with Crippen LogP contribution in [0.5, 0.6) is 0 Å². The van der Waals surface area contributed by atoms with Crippen LogP contribution in [0.1, 0.15) is 43.1 Å². The molecular formula is C16H24N2O3. The summed E-state index contributed by atoms with van der Waals surface area (Å²) in [5.41, 5.74) is 1.40. The Labute approximate surface area is 125 Å². The highest BCUT2D eigenvalue weighted by Gasteiger charge is 2.18. The topological polar surface area (TPSA) is 78.4 Å². The zero-order valence-electron chi connectivity index (χ0n) is 12.9. The molecule has 1 aromatic rings. The molecule has 0 fully saturated rings. The van der Waals surface area contributed by atoms with Crippen LogP contribution >= 0.6 is 0 Å². The second-order valence-corrected chi connectivity index (χ2v) is 5.93. The van der Waals surface area contributed by atoms with Crippen molar-refractivity contribution < 1.29 is 14.7 Å². The largest absolute Gasteiger partial charge is 0.396 e. The standard InChI is InChI=1S/C16H24N2O3/c1-12(20)17-10-13-4-6-14(7-5-13)15(21)18-11-16(2,3)8-9-19/h4-7,19H,8-11H2,1-3H3,(H,17,20)(H,18,21). The van der Waals surface area contributed by atoms with Crippen molar-refractivity contribution in [3.63, 3.8) is 0 Å². The average molecular weight is 292 g/mol. The number of carbonyl (C=O) groups excluding carboxylic acids is 2. The van der Waals surface area contributed by atoms with E-state index in [2.05, 4.69) is 10.6 Å². The quantitative estimate of drug-likeness (QED) is 0.712. The zero-order valence-corrected chi connectivity index (χ0v) is 12.9. The van der Waals surface area contributed by atoms with Crippen LogP contribution in [0.3, 0.4) is 0 Å². The van der Waals surface area contributed by atoms with E-state index in [-0.39, 0.29) is 23.8 Å². The maximum atomic E-state index is 12.0. The van der Waals surface area contributed by atoms with Gasteiger partial charge >= 0.3 is 0 Å². The lowest BCUT2D eigenvalue weighted by Crippen LogP contribution is -2.34. The van der Waals surface area contributed by atoms with Crippen LogP contribution in [0.4, 0.5) is 0 Å². The third-order valence-corrected chi connectivity index (χ3v) is 3.27. The van der Waals surface area contributed by atoms with Crippen molar-refractivity contribution in [1.82, 2.24) is 10.6 Å². The van der Waals surface area contributed by atoms with Crippen LogP contribution in [-0.2, 0) is 11.3 Å². The Hall–Kier alpha value is -1.88. The predicted molar refractivity (Wildman–Crippen MR) is 81.8 cm³/mol. The number of carbonyl (C=O) groups is 2. The van der Waals surface area contributed by atoms with Gasteiger partial charge in [-0.1, -0.05) is 26.0 Å². The van der Waals surface area contributed by atoms with Crippen LogP contribution in [0.25, 0.3) is 0 Å². The Bertz CT molecular complexity index is 481. The Morgan fingerprint density at radius 2 is 1.76 bits per heavy atom. The van der Waals surface area contributed by atoms with Gasteiger partial charge in [-0.15, -0.1) is 0 Å². The fourth-order valence-electron chi connectivity index (χ4n) is 1.81. The minimum atomic E-state index is -0.132. The van der Waals surface area contributed by atoms with Gasteiger partial charge in [0.05, 0.1) is 0 Å². The number of aliphatic hydroxyl groups excluding tert-OH is 1. The van der Waals surface area contributed by atoms with E-state index >= 15 is 0 Å². The molecule has 0 aliphatic rings. The molecule has 5 heteroatoms. The molecule has 3 N–H and O–H groups in total. The van der Waals surface area contributed by atoms with Crippen molar-refractivity contribution in [1.29, 1.82) is 0 Å². The van der Waals surface area contributed by atoms with Gasteiger partial charge in [0.25, 0.3) is 5.91 Å². The van der Waals surface area contributed by atoms with Crippen molar-refractivity contribution in [2.75, 3.05) is 13.2 Å². The third-order valence-electron chi connectivity index (χ3n) is 3.27. The van der Waals surface area contributed by atoms with Gasteiger partial charge in [0.2, 0.25) is 5.91 Å². The Morgan fingerprint density at radius 1 is 1.14 bits per heavy atom. The van der Waals surface area contributed by atoms with Gasteiger partial charge in [-0.3, -0.25) is 9.59 Å². The second kappa shape index (κ2) is 7.78. The summed E-state index contributed by atoms with van der Waals surface area (Å²) in [5, 5.41) is 14.5. The minimum absolute atomic E-state index is 0.0806. The van der Waals surface area contributed by atoms with Crippen LogP contribution in [0.15, 0.2) is 24.3 Å². The molecule has 0 spiro atoms. The molecule has 0 saturated carbocycles. The number of hydrogen-bond donors (Lipinski definition) is 3. The Balaban J connectivity index is 2.53. The fourth-order valence-corrected chi connectivity index (χ4v) is 1.81. The lowest BCUT2D eigenvalue weighted by Gasteiger charge is -2.23. The predicted octanol–water partition coefficient (Wildman–Crippen LogP) is 1.46. The molecule has 0 aliphatic carbocycles. The molecule has 0 radical (unpaired) electrons. The molecule has 0 atom stereocenters. The third kappa shape index (κ3) is 6.40. The molecule has 0 aromatic heterocycles. The van der Waals surface area contributed by atoms with E-state index in [0.29, 0.717) is 25.1 Å². The Morgan fingerprint density at radius 3 is 2.29 bits per heavy atom. The Kier molecular flexibility index (Phi) is 6.37. The summed E-state index contributed by atoms with van der Waals surface area (Å²) in [6.07, 6.45) is 0.642. The van der Waals surface area contributed by atoms with E-state index in [9.17, 15) is 9.59 Å². The molecule has 116 valence electrons. The van der Waals surface area contributed by atoms with Crippen molar-refractivity contribution in [2.24, 2.45) is 5.41 Å². The molecule has 1 rings (SSSR count). The van der Waals surface area contributed by atoms with Crippen LogP contribution in [0, 0.1) is 5.41 Å². The molecule has 0 heterocycles. The summed E-state index contributed by atoms with van der Waals surface area (Å²) in [6, 6.07) is 7.13. The van der Waals surface area contributed by atoms with E-state index in [4.69, 9.17) is 5.11 Å². The van der Waals surface area contributed by atoms with Gasteiger partial charge in [-0.2, -0.15) is 0 Å². The molecule has 2 amide bonds. The number of rotatable bonds is 7. The van der Waals surface area contributed by atoms with Crippen molar-refractivity contribution >= 4 is 11.8 Å². The van der Waals surface area contributed by atoms with Gasteiger partial charge in [0.1, 0.15) is 0 Å². The summed E-state index contributed by atoms with van der Waals surface area (Å²) in [5.74, 6) is -0.213. The van der Waals surface area contributed by atoms with E-state index in [1.54, 1.807) is 12.1 Å². The summed E-state index contributed by atoms with van der Waals surface area (Å²) in [7, 11) is 0. The van der Waals surface area contributed by atoms with E-state index in [1.807, 2.05) is 26.0 Å². The molecule has 0 unspecified atom stereocenters. The number of benzene rings is 1. The highest BCUT2D eigenvalue weighted by molar-refractivity contribution is 5.94. The van der Waals surface area contributed by atoms with Crippen molar-refractivity contribution in [3.05, 3.63) is 35.4 Å². The number of nitrogens with one attached hydrogen (secondary N) is 2. The first kappa shape index (κ1) is 17.2. The van der Waals surface area contributed by atoms with Crippen LogP contribution < -0.4 is 10.6 Å². The number of aliphatic hydroxyl groups is 1. The molecule has 1 aromatic carbocycles. The highest BCUT2D eigenvalue weighted by atomic mass is 16.3. The van der Waals surface area contributed by atoms with E-state index < -0.39 is 0 Å². The van der Waals surface area contributed by atoms with Crippen LogP contribution in [0.2, 0.25) is 0 Å². The van der Waals surface area contributed by atoms with Gasteiger partial charge in [0.15, 0.2) is 0 Å². The normalized spacial score (nSPS) is 11.0. The van der Waals surface area contributed by atoms with E-state index in [1.165, 1.54) is 6.92 Å². The van der Waals surface area contributed by atoms with Gasteiger partial charge in [0, 0.05) is 32.2 Å². The lowest BCUT2D eigenvalue weighted by atomic mass is 9.89. The SMILES string of the molecule is CC(=O)NCc1ccc(C(=O)NCC(C)(C)CCO)cc1. The van der Waals surface area contributed by atoms with Gasteiger partial charge in [-0.25, -0.2) is 0 Å². The smallest absolute Gasteiger partial charge is 0.251 e. The monoisotopic (exact) mass is 292 g/mol. The molecule has 0 bridgehead atoms. The zero-order chi connectivity index (χ0) is 15.9. The average Bonchev–Trinajstić information content (AvgIpc) is 2.43. The van der Waals surface area contributed by atoms with Crippen molar-refractivity contribution in [3.8, 4) is 0 Å². The minimum Gasteiger partial charge on any atom is -0.396 e. The number of hydrogen-bond acceptors (Lipinski definition) is 3. The van der Waals surface area contributed by atoms with Gasteiger partial charge in [-0.05, 0) is 29.5 Å². The first-order valence-corrected chi connectivity index (χ1v) is 7.06. The summed E-state index contributed by atoms with van der Waals surface area (Å²) in [4.78, 5) is 22.9. The molecule has 0 aliphatic heterocycles. The first-order chi connectivity index (χ1) is 9.84. The molecule has 5 nitrogen and oxygen atoms in total. The molecular weight excluding hydrogens is 268 g/mol. The highest BCUT2D eigenvalue weighted by Crippen LogP contribution is 2.18. The van der Waals surface area contributed by atoms with E-state index in [0.717, 1.165) is 5.56 Å². The number of amides is 2. The second-order valence-electron chi connectivity index (χ2n) is 5.93. The molecule has 21 heavy (non-hydrogen) atoms. The van der Waals surface area contributed by atoms with Crippen LogP contribution in [-0.4, -0.2) is 30.1 Å². The van der Waals surface area contributed by atoms with Gasteiger partial charge < -0.3 is 15.7 Å².